The summed E-state index contributed by atoms with van der Waals surface area (Å²) < 4.78 is 66.0. The van der Waals surface area contributed by atoms with Crippen molar-refractivity contribution in [2.24, 2.45) is 0 Å². The third-order valence-electron chi connectivity index (χ3n) is 2.42. The maximum Gasteiger partial charge on any atom is 0.573 e. The summed E-state index contributed by atoms with van der Waals surface area (Å²) in [6.07, 6.45) is -2.36. The largest absolute Gasteiger partial charge is 0.573 e. The number of halogens is 3. The zero-order chi connectivity index (χ0) is 15.2. The number of alkyl halides is 3. The molecule has 0 saturated heterocycles. The Morgan fingerprint density at radius 2 is 1.95 bits per heavy atom. The lowest BCUT2D eigenvalue weighted by Gasteiger charge is -2.11. The lowest BCUT2D eigenvalue weighted by Crippen LogP contribution is -2.25. The van der Waals surface area contributed by atoms with E-state index in [1.165, 1.54) is 12.1 Å². The Hall–Kier alpha value is -1.28. The highest BCUT2D eigenvalue weighted by molar-refractivity contribution is 7.89. The van der Waals surface area contributed by atoms with E-state index in [1.54, 1.807) is 0 Å². The van der Waals surface area contributed by atoms with Crippen molar-refractivity contribution in [2.45, 2.75) is 37.4 Å². The molecule has 0 spiro atoms. The first kappa shape index (κ1) is 16.8. The van der Waals surface area contributed by atoms with Gasteiger partial charge in [0.1, 0.15) is 5.75 Å². The van der Waals surface area contributed by atoms with Gasteiger partial charge in [-0.1, -0.05) is 25.8 Å². The highest BCUT2D eigenvalue weighted by Crippen LogP contribution is 2.24. The average Bonchev–Trinajstić information content (AvgIpc) is 2.33. The van der Waals surface area contributed by atoms with Gasteiger partial charge in [-0.2, -0.15) is 0 Å². The van der Waals surface area contributed by atoms with Crippen LogP contribution in [0.15, 0.2) is 29.2 Å². The van der Waals surface area contributed by atoms with Crippen LogP contribution < -0.4 is 9.46 Å². The second-order valence-electron chi connectivity index (χ2n) is 4.13. The molecule has 0 aliphatic heterocycles. The van der Waals surface area contributed by atoms with Gasteiger partial charge in [0.2, 0.25) is 10.0 Å². The Morgan fingerprint density at radius 1 is 1.25 bits per heavy atom. The zero-order valence-electron chi connectivity index (χ0n) is 10.9. The molecule has 1 aromatic rings. The van der Waals surface area contributed by atoms with Gasteiger partial charge in [0.25, 0.3) is 0 Å². The second kappa shape index (κ2) is 6.94. The van der Waals surface area contributed by atoms with Crippen molar-refractivity contribution in [3.05, 3.63) is 24.3 Å². The summed E-state index contributed by atoms with van der Waals surface area (Å²) >= 11 is 0. The number of nitrogens with one attached hydrogen (secondary N) is 1. The average molecular weight is 311 g/mol. The van der Waals surface area contributed by atoms with E-state index in [0.29, 0.717) is 6.42 Å². The topological polar surface area (TPSA) is 55.4 Å². The maximum atomic E-state index is 12.1. The molecule has 0 radical (unpaired) electrons. The summed E-state index contributed by atoms with van der Waals surface area (Å²) in [6.45, 7) is 2.23. The molecule has 8 heteroatoms. The van der Waals surface area contributed by atoms with E-state index in [4.69, 9.17) is 0 Å². The molecular weight excluding hydrogens is 295 g/mol. The lowest BCUT2D eigenvalue weighted by atomic mass is 10.3. The van der Waals surface area contributed by atoms with E-state index in [2.05, 4.69) is 9.46 Å². The van der Waals surface area contributed by atoms with Crippen molar-refractivity contribution in [1.29, 1.82) is 0 Å². The normalized spacial score (nSPS) is 12.4. The van der Waals surface area contributed by atoms with Crippen LogP contribution in [0.5, 0.6) is 5.75 Å². The van der Waals surface area contributed by atoms with Crippen molar-refractivity contribution < 1.29 is 26.3 Å². The van der Waals surface area contributed by atoms with Crippen molar-refractivity contribution in [3.8, 4) is 5.75 Å². The molecule has 0 aromatic heterocycles. The van der Waals surface area contributed by atoms with Crippen molar-refractivity contribution in [3.63, 3.8) is 0 Å². The Balaban J connectivity index is 2.77. The number of sulfonamides is 1. The molecule has 1 aromatic carbocycles. The van der Waals surface area contributed by atoms with Gasteiger partial charge in [-0.25, -0.2) is 13.1 Å². The SMILES string of the molecule is CCCCCNS(=O)(=O)c1cccc(OC(F)(F)F)c1. The lowest BCUT2D eigenvalue weighted by molar-refractivity contribution is -0.274. The minimum absolute atomic E-state index is 0.251. The van der Waals surface area contributed by atoms with Gasteiger partial charge in [0, 0.05) is 12.6 Å². The third-order valence-corrected chi connectivity index (χ3v) is 3.88. The number of rotatable bonds is 7. The number of unbranched alkanes of at least 4 members (excludes halogenated alkanes) is 2. The summed E-state index contributed by atoms with van der Waals surface area (Å²) in [7, 11) is -3.82. The molecule has 0 amide bonds. The molecule has 1 rings (SSSR count). The van der Waals surface area contributed by atoms with Crippen LogP contribution in [0.4, 0.5) is 13.2 Å². The summed E-state index contributed by atoms with van der Waals surface area (Å²) in [5.41, 5.74) is 0. The molecule has 0 heterocycles. The molecule has 0 aliphatic carbocycles. The van der Waals surface area contributed by atoms with Gasteiger partial charge in [-0.15, -0.1) is 13.2 Å². The molecule has 0 aliphatic rings. The highest BCUT2D eigenvalue weighted by atomic mass is 32.2. The molecule has 0 unspecified atom stereocenters. The van der Waals surface area contributed by atoms with E-state index in [-0.39, 0.29) is 11.4 Å². The van der Waals surface area contributed by atoms with E-state index < -0.39 is 22.1 Å². The minimum Gasteiger partial charge on any atom is -0.406 e. The standard InChI is InChI=1S/C12H16F3NO3S/c1-2-3-4-8-16-20(17,18)11-7-5-6-10(9-11)19-12(13,14)15/h5-7,9,16H,2-4,8H2,1H3. The first-order valence-corrected chi connectivity index (χ1v) is 7.58. The van der Waals surface area contributed by atoms with Crippen LogP contribution in [0.3, 0.4) is 0 Å². The fourth-order valence-corrected chi connectivity index (χ4v) is 2.61. The van der Waals surface area contributed by atoms with Crippen molar-refractivity contribution in [1.82, 2.24) is 4.72 Å². The molecule has 114 valence electrons. The van der Waals surface area contributed by atoms with Gasteiger partial charge in [0.05, 0.1) is 4.90 Å². The van der Waals surface area contributed by atoms with Gasteiger partial charge < -0.3 is 4.74 Å². The third kappa shape index (κ3) is 5.79. The Bertz CT molecular complexity index is 529. The van der Waals surface area contributed by atoms with Crippen LogP contribution in [0, 0.1) is 0 Å². The predicted molar refractivity (Wildman–Crippen MR) is 67.8 cm³/mol. The van der Waals surface area contributed by atoms with E-state index >= 15 is 0 Å². The Kier molecular flexibility index (Phi) is 5.82. The molecule has 20 heavy (non-hydrogen) atoms. The molecule has 4 nitrogen and oxygen atoms in total. The summed E-state index contributed by atoms with van der Waals surface area (Å²) in [6, 6.07) is 4.30. The summed E-state index contributed by atoms with van der Waals surface area (Å²) in [5, 5.41) is 0. The summed E-state index contributed by atoms with van der Waals surface area (Å²) in [4.78, 5) is -0.254. The van der Waals surface area contributed by atoms with Crippen LogP contribution in [0.25, 0.3) is 0 Å². The molecule has 1 N–H and O–H groups in total. The highest BCUT2D eigenvalue weighted by Gasteiger charge is 2.31. The van der Waals surface area contributed by atoms with Gasteiger partial charge >= 0.3 is 6.36 Å². The monoisotopic (exact) mass is 311 g/mol. The van der Waals surface area contributed by atoms with Crippen LogP contribution in [0.2, 0.25) is 0 Å². The molecule has 0 saturated carbocycles. The molecule has 0 atom stereocenters. The minimum atomic E-state index is -4.85. The van der Waals surface area contributed by atoms with Crippen molar-refractivity contribution >= 4 is 10.0 Å². The predicted octanol–water partition coefficient (Wildman–Crippen LogP) is 3.05. The van der Waals surface area contributed by atoms with Crippen molar-refractivity contribution in [2.75, 3.05) is 6.54 Å². The maximum absolute atomic E-state index is 12.1. The van der Waals surface area contributed by atoms with Gasteiger partial charge in [-0.05, 0) is 18.6 Å². The van der Waals surface area contributed by atoms with E-state index in [1.807, 2.05) is 6.92 Å². The second-order valence-corrected chi connectivity index (χ2v) is 5.89. The van der Waals surface area contributed by atoms with Crippen LogP contribution in [-0.4, -0.2) is 21.3 Å². The van der Waals surface area contributed by atoms with E-state index in [9.17, 15) is 21.6 Å². The quantitative estimate of drug-likeness (QED) is 0.787. The summed E-state index contributed by atoms with van der Waals surface area (Å²) in [5.74, 6) is -0.561. The Labute approximate surface area is 116 Å². The number of hydrogen-bond acceptors (Lipinski definition) is 3. The fourth-order valence-electron chi connectivity index (χ4n) is 1.50. The molecular formula is C12H16F3NO3S. The fraction of sp³-hybridized carbons (Fsp3) is 0.500. The Morgan fingerprint density at radius 3 is 2.55 bits per heavy atom. The van der Waals surface area contributed by atoms with E-state index in [0.717, 1.165) is 25.0 Å². The number of hydrogen-bond donors (Lipinski definition) is 1. The number of ether oxygens (including phenoxy) is 1. The first-order chi connectivity index (χ1) is 9.24. The molecule has 0 fully saturated rings. The first-order valence-electron chi connectivity index (χ1n) is 6.10. The van der Waals surface area contributed by atoms with Crippen LogP contribution in [-0.2, 0) is 10.0 Å². The smallest absolute Gasteiger partial charge is 0.406 e. The van der Waals surface area contributed by atoms with Crippen LogP contribution in [0.1, 0.15) is 26.2 Å². The van der Waals surface area contributed by atoms with Gasteiger partial charge in [0.15, 0.2) is 0 Å². The zero-order valence-corrected chi connectivity index (χ0v) is 11.7. The molecule has 0 bridgehead atoms. The van der Waals surface area contributed by atoms with Gasteiger partial charge in [-0.3, -0.25) is 0 Å². The van der Waals surface area contributed by atoms with Crippen LogP contribution >= 0.6 is 0 Å². The number of benzene rings is 1.